The van der Waals surface area contributed by atoms with Crippen LogP contribution in [0.5, 0.6) is 0 Å². The van der Waals surface area contributed by atoms with Gasteiger partial charge in [0, 0.05) is 31.4 Å². The van der Waals surface area contributed by atoms with Crippen LogP contribution in [0.4, 0.5) is 0 Å². The molecule has 24 heavy (non-hydrogen) atoms. The lowest BCUT2D eigenvalue weighted by atomic mass is 9.92. The van der Waals surface area contributed by atoms with E-state index in [2.05, 4.69) is 23.2 Å². The maximum atomic E-state index is 11.8. The van der Waals surface area contributed by atoms with Gasteiger partial charge in [-0.05, 0) is 48.4 Å². The van der Waals surface area contributed by atoms with Gasteiger partial charge < -0.3 is 0 Å². The predicted molar refractivity (Wildman–Crippen MR) is 96.3 cm³/mol. The minimum Gasteiger partial charge on any atom is -0.261 e. The van der Waals surface area contributed by atoms with Crippen LogP contribution in [0, 0.1) is 5.92 Å². The lowest BCUT2D eigenvalue weighted by molar-refractivity contribution is 0.266. The van der Waals surface area contributed by atoms with Crippen LogP contribution in [0.1, 0.15) is 29.7 Å². The standard InChI is InChI=1S/C19H24N2O2S/c1-24(22,23)21-11-5-8-18(15-21)12-17-9-10-20-19(14-17)13-16-6-3-2-4-7-16/h2-4,6-7,9-10,14,18H,5,8,11-13,15H2,1H3/t18-/m0/s1. The van der Waals surface area contributed by atoms with E-state index >= 15 is 0 Å². The van der Waals surface area contributed by atoms with Gasteiger partial charge in [0.05, 0.1) is 6.26 Å². The average Bonchev–Trinajstić information content (AvgIpc) is 2.56. The summed E-state index contributed by atoms with van der Waals surface area (Å²) in [6.07, 6.45) is 6.94. The summed E-state index contributed by atoms with van der Waals surface area (Å²) in [7, 11) is -3.08. The molecule has 1 aromatic heterocycles. The van der Waals surface area contributed by atoms with Crippen molar-refractivity contribution in [1.29, 1.82) is 0 Å². The molecule has 1 aromatic carbocycles. The van der Waals surface area contributed by atoms with Gasteiger partial charge in [-0.3, -0.25) is 4.98 Å². The van der Waals surface area contributed by atoms with Crippen molar-refractivity contribution in [3.8, 4) is 0 Å². The number of aromatic nitrogens is 1. The molecule has 2 aromatic rings. The van der Waals surface area contributed by atoms with Crippen LogP contribution in [0.3, 0.4) is 0 Å². The molecule has 0 spiro atoms. The van der Waals surface area contributed by atoms with Gasteiger partial charge in [0.25, 0.3) is 0 Å². The van der Waals surface area contributed by atoms with Gasteiger partial charge >= 0.3 is 0 Å². The summed E-state index contributed by atoms with van der Waals surface area (Å²) in [5.74, 6) is 0.389. The minimum atomic E-state index is -3.08. The van der Waals surface area contributed by atoms with Gasteiger partial charge in [0.15, 0.2) is 0 Å². The molecule has 2 heterocycles. The third kappa shape index (κ3) is 4.65. The first-order chi connectivity index (χ1) is 11.5. The summed E-state index contributed by atoms with van der Waals surface area (Å²) >= 11 is 0. The Bertz CT molecular complexity index is 775. The zero-order chi connectivity index (χ0) is 17.0. The van der Waals surface area contributed by atoms with Crippen LogP contribution in [0.2, 0.25) is 0 Å². The van der Waals surface area contributed by atoms with Crippen LogP contribution < -0.4 is 0 Å². The SMILES string of the molecule is CS(=O)(=O)N1CCC[C@@H](Cc2ccnc(Cc3ccccc3)c2)C1. The van der Waals surface area contributed by atoms with E-state index in [9.17, 15) is 8.42 Å². The van der Waals surface area contributed by atoms with E-state index < -0.39 is 10.0 Å². The van der Waals surface area contributed by atoms with E-state index in [0.717, 1.165) is 31.4 Å². The molecule has 0 bridgehead atoms. The Kier molecular flexibility index (Phi) is 5.31. The fourth-order valence-corrected chi connectivity index (χ4v) is 4.33. The number of piperidine rings is 1. The highest BCUT2D eigenvalue weighted by molar-refractivity contribution is 7.88. The van der Waals surface area contributed by atoms with Gasteiger partial charge in [-0.2, -0.15) is 0 Å². The maximum absolute atomic E-state index is 11.8. The fraction of sp³-hybridized carbons (Fsp3) is 0.421. The molecular formula is C19H24N2O2S. The second kappa shape index (κ2) is 7.45. The lowest BCUT2D eigenvalue weighted by Crippen LogP contribution is -2.39. The third-order valence-corrected chi connectivity index (χ3v) is 5.85. The Morgan fingerprint density at radius 1 is 1.17 bits per heavy atom. The van der Waals surface area contributed by atoms with Crippen molar-refractivity contribution >= 4 is 10.0 Å². The Labute approximate surface area is 144 Å². The van der Waals surface area contributed by atoms with E-state index in [1.165, 1.54) is 17.4 Å². The maximum Gasteiger partial charge on any atom is 0.211 e. The molecule has 0 unspecified atom stereocenters. The summed E-state index contributed by atoms with van der Waals surface area (Å²) in [6, 6.07) is 14.5. The summed E-state index contributed by atoms with van der Waals surface area (Å²) in [5, 5.41) is 0. The number of benzene rings is 1. The topological polar surface area (TPSA) is 50.3 Å². The number of sulfonamides is 1. The lowest BCUT2D eigenvalue weighted by Gasteiger charge is -2.31. The van der Waals surface area contributed by atoms with E-state index in [1.807, 2.05) is 30.5 Å². The molecule has 4 nitrogen and oxygen atoms in total. The van der Waals surface area contributed by atoms with Crippen molar-refractivity contribution in [1.82, 2.24) is 9.29 Å². The number of nitrogens with zero attached hydrogens (tertiary/aromatic N) is 2. The van der Waals surface area contributed by atoms with Crippen LogP contribution >= 0.6 is 0 Å². The van der Waals surface area contributed by atoms with Gasteiger partial charge in [0.1, 0.15) is 0 Å². The number of rotatable bonds is 5. The van der Waals surface area contributed by atoms with Crippen LogP contribution in [0.25, 0.3) is 0 Å². The Morgan fingerprint density at radius 2 is 1.96 bits per heavy atom. The van der Waals surface area contributed by atoms with Crippen molar-refractivity contribution in [2.24, 2.45) is 5.92 Å². The smallest absolute Gasteiger partial charge is 0.211 e. The van der Waals surface area contributed by atoms with E-state index in [1.54, 1.807) is 4.31 Å². The van der Waals surface area contributed by atoms with Crippen molar-refractivity contribution in [3.63, 3.8) is 0 Å². The molecule has 128 valence electrons. The molecule has 0 radical (unpaired) electrons. The van der Waals surface area contributed by atoms with Crippen LogP contribution in [0.15, 0.2) is 48.7 Å². The molecule has 1 aliphatic rings. The number of hydrogen-bond donors (Lipinski definition) is 0. The molecule has 0 saturated carbocycles. The molecule has 1 atom stereocenters. The monoisotopic (exact) mass is 344 g/mol. The average molecular weight is 344 g/mol. The Balaban J connectivity index is 1.66. The highest BCUT2D eigenvalue weighted by atomic mass is 32.2. The van der Waals surface area contributed by atoms with Crippen molar-refractivity contribution in [3.05, 3.63) is 65.5 Å². The largest absolute Gasteiger partial charge is 0.261 e. The van der Waals surface area contributed by atoms with E-state index in [0.29, 0.717) is 19.0 Å². The second-order valence-electron chi connectivity index (χ2n) is 6.65. The Hall–Kier alpha value is -1.72. The summed E-state index contributed by atoms with van der Waals surface area (Å²) in [5.41, 5.74) is 3.56. The van der Waals surface area contributed by atoms with Crippen molar-refractivity contribution in [2.75, 3.05) is 19.3 Å². The van der Waals surface area contributed by atoms with Gasteiger partial charge in [-0.1, -0.05) is 30.3 Å². The first kappa shape index (κ1) is 17.1. The molecule has 3 rings (SSSR count). The summed E-state index contributed by atoms with van der Waals surface area (Å²) in [6.45, 7) is 1.29. The zero-order valence-electron chi connectivity index (χ0n) is 14.1. The fourth-order valence-electron chi connectivity index (χ4n) is 3.38. The molecule has 0 amide bonds. The molecule has 0 aliphatic carbocycles. The molecule has 0 N–H and O–H groups in total. The van der Waals surface area contributed by atoms with Crippen LogP contribution in [-0.2, 0) is 22.9 Å². The summed E-state index contributed by atoms with van der Waals surface area (Å²) in [4.78, 5) is 4.48. The van der Waals surface area contributed by atoms with Crippen molar-refractivity contribution < 1.29 is 8.42 Å². The molecule has 1 saturated heterocycles. The van der Waals surface area contributed by atoms with Crippen LogP contribution in [-0.4, -0.2) is 37.1 Å². The highest BCUT2D eigenvalue weighted by Crippen LogP contribution is 2.23. The second-order valence-corrected chi connectivity index (χ2v) is 8.63. The van der Waals surface area contributed by atoms with E-state index in [-0.39, 0.29) is 0 Å². The first-order valence-electron chi connectivity index (χ1n) is 8.43. The Morgan fingerprint density at radius 3 is 2.71 bits per heavy atom. The normalized spacial score (nSPS) is 19.3. The molecule has 5 heteroatoms. The first-order valence-corrected chi connectivity index (χ1v) is 10.3. The quantitative estimate of drug-likeness (QED) is 0.838. The molecule has 1 fully saturated rings. The number of hydrogen-bond acceptors (Lipinski definition) is 3. The highest BCUT2D eigenvalue weighted by Gasteiger charge is 2.25. The number of pyridine rings is 1. The summed E-state index contributed by atoms with van der Waals surface area (Å²) < 4.78 is 25.1. The zero-order valence-corrected chi connectivity index (χ0v) is 14.9. The van der Waals surface area contributed by atoms with Gasteiger partial charge in [0.2, 0.25) is 10.0 Å². The minimum absolute atomic E-state index is 0.389. The van der Waals surface area contributed by atoms with Crippen molar-refractivity contribution in [2.45, 2.75) is 25.7 Å². The van der Waals surface area contributed by atoms with Gasteiger partial charge in [-0.15, -0.1) is 0 Å². The van der Waals surface area contributed by atoms with E-state index in [4.69, 9.17) is 0 Å². The molecular weight excluding hydrogens is 320 g/mol. The predicted octanol–water partition coefficient (Wildman–Crippen LogP) is 2.89. The van der Waals surface area contributed by atoms with Gasteiger partial charge in [-0.25, -0.2) is 12.7 Å². The third-order valence-electron chi connectivity index (χ3n) is 4.58. The molecule has 1 aliphatic heterocycles.